The molecule has 1 N–H and O–H groups in total. The maximum atomic E-state index is 12.1. The Kier molecular flexibility index (Phi) is 5.65. The van der Waals surface area contributed by atoms with Gasteiger partial charge in [-0.2, -0.15) is 13.2 Å². The van der Waals surface area contributed by atoms with Gasteiger partial charge in [0.15, 0.2) is 6.61 Å². The Morgan fingerprint density at radius 2 is 2.05 bits per heavy atom. The summed E-state index contributed by atoms with van der Waals surface area (Å²) in [5.74, 6) is -0.338. The number of hydrogen-bond donors (Lipinski definition) is 1. The normalized spacial score (nSPS) is 12.9. The molecule has 1 rings (SSSR count). The minimum Gasteiger partial charge on any atom is -0.482 e. The Morgan fingerprint density at radius 3 is 2.63 bits per heavy atom. The molecule has 0 aliphatic carbocycles. The third-order valence-electron chi connectivity index (χ3n) is 2.18. The van der Waals surface area contributed by atoms with Gasteiger partial charge in [0.25, 0.3) is 0 Å². The highest BCUT2D eigenvalue weighted by Crippen LogP contribution is 2.26. The van der Waals surface area contributed by atoms with E-state index in [1.807, 2.05) is 6.92 Å². The Balaban J connectivity index is 2.76. The van der Waals surface area contributed by atoms with Crippen LogP contribution in [0.2, 0.25) is 0 Å². The molecule has 0 aliphatic rings. The molecular weight excluding hydrogens is 327 g/mol. The lowest BCUT2D eigenvalue weighted by Gasteiger charge is -2.14. The van der Waals surface area contributed by atoms with Crippen LogP contribution in [-0.2, 0) is 4.79 Å². The zero-order valence-corrected chi connectivity index (χ0v) is 11.7. The lowest BCUT2D eigenvalue weighted by Crippen LogP contribution is -2.23. The number of halogens is 4. The number of para-hydroxylation sites is 2. The SMILES string of the molecule is CCC(Br)C(=O)Nc1ccccc1OCC(F)(F)F. The third-order valence-corrected chi connectivity index (χ3v) is 3.24. The zero-order valence-electron chi connectivity index (χ0n) is 10.1. The molecule has 0 heterocycles. The predicted octanol–water partition coefficient (Wildman–Crippen LogP) is 3.74. The van der Waals surface area contributed by atoms with Crippen LogP contribution in [0.1, 0.15) is 13.3 Å². The first-order chi connectivity index (χ1) is 8.83. The Bertz CT molecular complexity index is 437. The van der Waals surface area contributed by atoms with Crippen molar-refractivity contribution in [3.63, 3.8) is 0 Å². The summed E-state index contributed by atoms with van der Waals surface area (Å²) < 4.78 is 41.0. The summed E-state index contributed by atoms with van der Waals surface area (Å²) >= 11 is 3.16. The van der Waals surface area contributed by atoms with Crippen molar-refractivity contribution in [3.05, 3.63) is 24.3 Å². The van der Waals surface area contributed by atoms with Crippen LogP contribution in [0.5, 0.6) is 5.75 Å². The second kappa shape index (κ2) is 6.79. The van der Waals surface area contributed by atoms with Crippen LogP contribution >= 0.6 is 15.9 Å². The van der Waals surface area contributed by atoms with Crippen molar-refractivity contribution >= 4 is 27.5 Å². The van der Waals surface area contributed by atoms with Crippen molar-refractivity contribution in [3.8, 4) is 5.75 Å². The average Bonchev–Trinajstić information content (AvgIpc) is 2.35. The summed E-state index contributed by atoms with van der Waals surface area (Å²) in [7, 11) is 0. The van der Waals surface area contributed by atoms with E-state index in [4.69, 9.17) is 0 Å². The van der Waals surface area contributed by atoms with Crippen LogP contribution in [0.3, 0.4) is 0 Å². The largest absolute Gasteiger partial charge is 0.482 e. The fraction of sp³-hybridized carbons (Fsp3) is 0.417. The fourth-order valence-electron chi connectivity index (χ4n) is 1.25. The maximum absolute atomic E-state index is 12.1. The molecule has 1 aromatic rings. The van der Waals surface area contributed by atoms with Gasteiger partial charge in [0.05, 0.1) is 10.5 Å². The number of rotatable bonds is 5. The van der Waals surface area contributed by atoms with Crippen molar-refractivity contribution in [2.45, 2.75) is 24.3 Å². The Morgan fingerprint density at radius 1 is 1.42 bits per heavy atom. The van der Waals surface area contributed by atoms with Gasteiger partial charge in [-0.25, -0.2) is 0 Å². The number of nitrogens with one attached hydrogen (secondary N) is 1. The molecule has 0 radical (unpaired) electrons. The molecule has 0 fully saturated rings. The van der Waals surface area contributed by atoms with Crippen LogP contribution in [0.25, 0.3) is 0 Å². The molecule has 0 aliphatic heterocycles. The molecule has 0 spiro atoms. The summed E-state index contributed by atoms with van der Waals surface area (Å²) in [6, 6.07) is 5.99. The minimum absolute atomic E-state index is 0.0102. The molecule has 1 atom stereocenters. The molecule has 0 saturated carbocycles. The zero-order chi connectivity index (χ0) is 14.5. The highest BCUT2D eigenvalue weighted by Gasteiger charge is 2.29. The van der Waals surface area contributed by atoms with E-state index in [1.165, 1.54) is 18.2 Å². The van der Waals surface area contributed by atoms with Crippen LogP contribution < -0.4 is 10.1 Å². The summed E-state index contributed by atoms with van der Waals surface area (Å²) in [6.07, 6.45) is -3.85. The van der Waals surface area contributed by atoms with E-state index in [-0.39, 0.29) is 17.3 Å². The number of anilines is 1. The molecular formula is C12H13BrF3NO2. The van der Waals surface area contributed by atoms with Crippen molar-refractivity contribution in [1.82, 2.24) is 0 Å². The number of carbonyl (C=O) groups excluding carboxylic acids is 1. The second-order valence-electron chi connectivity index (χ2n) is 3.77. The van der Waals surface area contributed by atoms with E-state index in [1.54, 1.807) is 6.07 Å². The summed E-state index contributed by atoms with van der Waals surface area (Å²) in [6.45, 7) is 0.413. The lowest BCUT2D eigenvalue weighted by atomic mass is 10.2. The molecule has 7 heteroatoms. The number of benzene rings is 1. The molecule has 3 nitrogen and oxygen atoms in total. The number of amides is 1. The van der Waals surface area contributed by atoms with Crippen molar-refractivity contribution in [2.24, 2.45) is 0 Å². The van der Waals surface area contributed by atoms with E-state index in [2.05, 4.69) is 26.0 Å². The number of alkyl halides is 4. The summed E-state index contributed by atoms with van der Waals surface area (Å²) in [5, 5.41) is 2.52. The molecule has 1 aromatic carbocycles. The average molecular weight is 340 g/mol. The highest BCUT2D eigenvalue weighted by molar-refractivity contribution is 9.10. The standard InChI is InChI=1S/C12H13BrF3NO2/c1-2-8(13)11(18)17-9-5-3-4-6-10(9)19-7-12(14,15)16/h3-6,8H,2,7H2,1H3,(H,17,18). The molecule has 106 valence electrons. The van der Waals surface area contributed by atoms with Crippen LogP contribution in [0.4, 0.5) is 18.9 Å². The van der Waals surface area contributed by atoms with Gasteiger partial charge in [0.2, 0.25) is 5.91 Å². The quantitative estimate of drug-likeness (QED) is 0.830. The minimum atomic E-state index is -4.42. The van der Waals surface area contributed by atoms with Crippen molar-refractivity contribution in [1.29, 1.82) is 0 Å². The van der Waals surface area contributed by atoms with Crippen LogP contribution in [-0.4, -0.2) is 23.5 Å². The van der Waals surface area contributed by atoms with Crippen molar-refractivity contribution < 1.29 is 22.7 Å². The number of hydrogen-bond acceptors (Lipinski definition) is 2. The summed E-state index contributed by atoms with van der Waals surface area (Å²) in [4.78, 5) is 11.3. The van der Waals surface area contributed by atoms with Gasteiger partial charge >= 0.3 is 6.18 Å². The second-order valence-corrected chi connectivity index (χ2v) is 4.87. The van der Waals surface area contributed by atoms with Crippen molar-refractivity contribution in [2.75, 3.05) is 11.9 Å². The van der Waals surface area contributed by atoms with Gasteiger partial charge in [-0.05, 0) is 18.6 Å². The van der Waals surface area contributed by atoms with Crippen LogP contribution in [0.15, 0.2) is 24.3 Å². The first kappa shape index (κ1) is 15.8. The van der Waals surface area contributed by atoms with Gasteiger partial charge in [0, 0.05) is 0 Å². The third kappa shape index (κ3) is 5.50. The maximum Gasteiger partial charge on any atom is 0.422 e. The molecule has 0 saturated heterocycles. The van der Waals surface area contributed by atoms with E-state index >= 15 is 0 Å². The molecule has 19 heavy (non-hydrogen) atoms. The molecule has 0 aromatic heterocycles. The van der Waals surface area contributed by atoms with Gasteiger partial charge in [-0.3, -0.25) is 4.79 Å². The van der Waals surface area contributed by atoms with Gasteiger partial charge in [-0.15, -0.1) is 0 Å². The predicted molar refractivity (Wildman–Crippen MR) is 69.6 cm³/mol. The van der Waals surface area contributed by atoms with E-state index in [0.717, 1.165) is 0 Å². The monoisotopic (exact) mass is 339 g/mol. The number of carbonyl (C=O) groups is 1. The summed E-state index contributed by atoms with van der Waals surface area (Å²) in [5.41, 5.74) is 0.217. The topological polar surface area (TPSA) is 38.3 Å². The number of ether oxygens (including phenoxy) is 1. The molecule has 1 unspecified atom stereocenters. The first-order valence-corrected chi connectivity index (χ1v) is 6.48. The van der Waals surface area contributed by atoms with E-state index in [9.17, 15) is 18.0 Å². The van der Waals surface area contributed by atoms with Gasteiger partial charge < -0.3 is 10.1 Å². The highest BCUT2D eigenvalue weighted by atomic mass is 79.9. The Hall–Kier alpha value is -1.24. The van der Waals surface area contributed by atoms with E-state index in [0.29, 0.717) is 6.42 Å². The smallest absolute Gasteiger partial charge is 0.422 e. The molecule has 1 amide bonds. The Labute approximate surface area is 117 Å². The van der Waals surface area contributed by atoms with E-state index < -0.39 is 17.6 Å². The fourth-order valence-corrected chi connectivity index (χ4v) is 1.37. The van der Waals surface area contributed by atoms with Gasteiger partial charge in [-0.1, -0.05) is 35.0 Å². The van der Waals surface area contributed by atoms with Crippen LogP contribution in [0, 0.1) is 0 Å². The first-order valence-electron chi connectivity index (χ1n) is 5.57. The molecule has 0 bridgehead atoms. The van der Waals surface area contributed by atoms with Gasteiger partial charge in [0.1, 0.15) is 5.75 Å². The lowest BCUT2D eigenvalue weighted by molar-refractivity contribution is -0.153.